The summed E-state index contributed by atoms with van der Waals surface area (Å²) in [6.07, 6.45) is 3.73. The summed E-state index contributed by atoms with van der Waals surface area (Å²) < 4.78 is 6.40. The third-order valence-corrected chi connectivity index (χ3v) is 3.72. The maximum Gasteiger partial charge on any atom is 0.374 e. The van der Waals surface area contributed by atoms with Gasteiger partial charge in [0.15, 0.2) is 0 Å². The van der Waals surface area contributed by atoms with Gasteiger partial charge in [0, 0.05) is 6.54 Å². The highest BCUT2D eigenvalue weighted by Crippen LogP contribution is 2.10. The van der Waals surface area contributed by atoms with Gasteiger partial charge in [-0.2, -0.15) is 0 Å². The first-order valence-electron chi connectivity index (χ1n) is 8.09. The van der Waals surface area contributed by atoms with Gasteiger partial charge in [0.25, 0.3) is 5.56 Å². The van der Waals surface area contributed by atoms with E-state index in [1.807, 2.05) is 42.5 Å². The van der Waals surface area contributed by atoms with Gasteiger partial charge in [0.05, 0.1) is 17.5 Å². The van der Waals surface area contributed by atoms with Crippen molar-refractivity contribution in [3.63, 3.8) is 0 Å². The van der Waals surface area contributed by atoms with Crippen LogP contribution in [0.2, 0.25) is 0 Å². The Bertz CT molecular complexity index is 975. The summed E-state index contributed by atoms with van der Waals surface area (Å²) in [6.45, 7) is 2.18. The molecule has 0 radical (unpaired) electrons. The molecule has 3 aromatic rings. The second-order valence-corrected chi connectivity index (χ2v) is 5.40. The van der Waals surface area contributed by atoms with Crippen molar-refractivity contribution in [3.05, 3.63) is 82.4 Å². The Kier molecular flexibility index (Phi) is 5.04. The van der Waals surface area contributed by atoms with Crippen LogP contribution in [0.15, 0.2) is 65.5 Å². The van der Waals surface area contributed by atoms with Gasteiger partial charge in [0.2, 0.25) is 5.82 Å². The minimum atomic E-state index is -0.599. The average molecular weight is 334 g/mol. The van der Waals surface area contributed by atoms with Gasteiger partial charge >= 0.3 is 5.97 Å². The molecule has 1 aromatic heterocycles. The van der Waals surface area contributed by atoms with Crippen LogP contribution in [0, 0.1) is 0 Å². The van der Waals surface area contributed by atoms with E-state index in [4.69, 9.17) is 4.74 Å². The summed E-state index contributed by atoms with van der Waals surface area (Å²) in [4.78, 5) is 29.3. The molecule has 0 saturated carbocycles. The molecule has 1 heterocycles. The van der Waals surface area contributed by atoms with Crippen molar-refractivity contribution in [2.75, 3.05) is 6.61 Å². The van der Waals surface area contributed by atoms with Gasteiger partial charge in [-0.15, -0.1) is 0 Å². The molecule has 0 bridgehead atoms. The van der Waals surface area contributed by atoms with Crippen LogP contribution >= 0.6 is 0 Å². The summed E-state index contributed by atoms with van der Waals surface area (Å²) in [6, 6.07) is 16.7. The third kappa shape index (κ3) is 3.66. The van der Waals surface area contributed by atoms with E-state index in [-0.39, 0.29) is 24.5 Å². The van der Waals surface area contributed by atoms with E-state index in [0.29, 0.717) is 10.9 Å². The summed E-state index contributed by atoms with van der Waals surface area (Å²) >= 11 is 0. The van der Waals surface area contributed by atoms with Gasteiger partial charge in [-0.3, -0.25) is 9.36 Å². The fourth-order valence-corrected chi connectivity index (χ4v) is 2.55. The third-order valence-electron chi connectivity index (χ3n) is 3.72. The number of esters is 1. The zero-order valence-electron chi connectivity index (χ0n) is 13.9. The van der Waals surface area contributed by atoms with E-state index in [1.165, 1.54) is 4.57 Å². The first-order valence-corrected chi connectivity index (χ1v) is 8.09. The van der Waals surface area contributed by atoms with E-state index in [1.54, 1.807) is 31.2 Å². The maximum atomic E-state index is 12.8. The maximum absolute atomic E-state index is 12.8. The lowest BCUT2D eigenvalue weighted by atomic mass is 10.2. The average Bonchev–Trinajstić information content (AvgIpc) is 2.64. The normalized spacial score (nSPS) is 11.1. The summed E-state index contributed by atoms with van der Waals surface area (Å²) in [5, 5.41) is 0.476. The molecule has 0 saturated heterocycles. The fraction of sp³-hybridized carbons (Fsp3) is 0.150. The molecule has 2 aromatic carbocycles. The smallest absolute Gasteiger partial charge is 0.374 e. The van der Waals surface area contributed by atoms with Crippen LogP contribution in [0.25, 0.3) is 17.0 Å². The van der Waals surface area contributed by atoms with E-state index in [9.17, 15) is 9.59 Å². The molecule has 5 nitrogen and oxygen atoms in total. The van der Waals surface area contributed by atoms with Crippen LogP contribution in [-0.2, 0) is 11.3 Å². The predicted molar refractivity (Wildman–Crippen MR) is 97.4 cm³/mol. The van der Waals surface area contributed by atoms with E-state index >= 15 is 0 Å². The highest BCUT2D eigenvalue weighted by molar-refractivity contribution is 5.89. The number of aromatic nitrogens is 2. The molecular formula is C20H18N2O3. The number of para-hydroxylation sites is 1. The molecule has 0 aliphatic heterocycles. The Labute approximate surface area is 145 Å². The lowest BCUT2D eigenvalue weighted by Crippen LogP contribution is -2.28. The van der Waals surface area contributed by atoms with Gasteiger partial charge in [-0.1, -0.05) is 54.6 Å². The predicted octanol–water partition coefficient (Wildman–Crippen LogP) is 3.29. The second kappa shape index (κ2) is 7.57. The number of ether oxygens (including phenoxy) is 1. The van der Waals surface area contributed by atoms with Crippen LogP contribution in [0.5, 0.6) is 0 Å². The van der Waals surface area contributed by atoms with Gasteiger partial charge in [-0.25, -0.2) is 9.78 Å². The number of rotatable bonds is 5. The molecule has 0 unspecified atom stereocenters. The number of benzene rings is 2. The van der Waals surface area contributed by atoms with Crippen LogP contribution in [-0.4, -0.2) is 22.1 Å². The van der Waals surface area contributed by atoms with E-state index in [2.05, 4.69) is 4.98 Å². The number of hydrogen-bond donors (Lipinski definition) is 0. The van der Waals surface area contributed by atoms with Gasteiger partial charge in [0.1, 0.15) is 0 Å². The van der Waals surface area contributed by atoms with Gasteiger partial charge in [-0.05, 0) is 24.6 Å². The number of nitrogens with zero attached hydrogens (tertiary/aromatic N) is 2. The topological polar surface area (TPSA) is 61.2 Å². The molecular weight excluding hydrogens is 316 g/mol. The van der Waals surface area contributed by atoms with E-state index in [0.717, 1.165) is 5.56 Å². The molecule has 0 fully saturated rings. The quantitative estimate of drug-likeness (QED) is 0.672. The van der Waals surface area contributed by atoms with Crippen molar-refractivity contribution >= 4 is 22.9 Å². The van der Waals surface area contributed by atoms with Crippen molar-refractivity contribution in [1.29, 1.82) is 0 Å². The molecule has 0 N–H and O–H groups in total. The fourth-order valence-electron chi connectivity index (χ4n) is 2.55. The van der Waals surface area contributed by atoms with Crippen LogP contribution in [0.1, 0.15) is 23.1 Å². The summed E-state index contributed by atoms with van der Waals surface area (Å²) in [7, 11) is 0. The van der Waals surface area contributed by atoms with Crippen LogP contribution < -0.4 is 5.56 Å². The molecule has 25 heavy (non-hydrogen) atoms. The lowest BCUT2D eigenvalue weighted by Gasteiger charge is -2.10. The SMILES string of the molecule is CCOC(=O)c1nc2ccccc2c(=O)n1C/C=C/c1ccccc1. The molecule has 0 aliphatic rings. The monoisotopic (exact) mass is 334 g/mol. The molecule has 0 amide bonds. The van der Waals surface area contributed by atoms with Crippen molar-refractivity contribution in [2.24, 2.45) is 0 Å². The molecule has 3 rings (SSSR count). The number of carbonyl (C=O) groups is 1. The van der Waals surface area contributed by atoms with Crippen molar-refractivity contribution in [1.82, 2.24) is 9.55 Å². The highest BCUT2D eigenvalue weighted by atomic mass is 16.5. The number of hydrogen-bond acceptors (Lipinski definition) is 4. The zero-order valence-corrected chi connectivity index (χ0v) is 13.9. The number of allylic oxidation sites excluding steroid dienone is 1. The highest BCUT2D eigenvalue weighted by Gasteiger charge is 2.17. The molecule has 5 heteroatoms. The largest absolute Gasteiger partial charge is 0.460 e. The minimum absolute atomic E-state index is 0.0169. The molecule has 0 spiro atoms. The Morgan fingerprint density at radius 1 is 1.12 bits per heavy atom. The van der Waals surface area contributed by atoms with Crippen LogP contribution in [0.3, 0.4) is 0 Å². The van der Waals surface area contributed by atoms with Gasteiger partial charge < -0.3 is 4.74 Å². The Morgan fingerprint density at radius 3 is 2.60 bits per heavy atom. The van der Waals surface area contributed by atoms with Crippen molar-refractivity contribution < 1.29 is 9.53 Å². The summed E-state index contributed by atoms with van der Waals surface area (Å²) in [5.41, 5.74) is 1.24. The molecule has 0 aliphatic carbocycles. The number of carbonyl (C=O) groups excluding carboxylic acids is 1. The Balaban J connectivity index is 2.03. The minimum Gasteiger partial charge on any atom is -0.460 e. The first kappa shape index (κ1) is 16.6. The standard InChI is InChI=1S/C20H18N2O3/c1-2-25-20(24)18-21-17-13-7-6-12-16(17)19(23)22(18)14-8-11-15-9-4-3-5-10-15/h3-13H,2,14H2,1H3/b11-8+. The van der Waals surface area contributed by atoms with E-state index < -0.39 is 5.97 Å². The Hall–Kier alpha value is -3.21. The lowest BCUT2D eigenvalue weighted by molar-refractivity contribution is 0.0505. The zero-order chi connectivity index (χ0) is 17.6. The summed E-state index contributed by atoms with van der Waals surface area (Å²) in [5.74, 6) is -0.582. The van der Waals surface area contributed by atoms with Crippen molar-refractivity contribution in [3.8, 4) is 0 Å². The molecule has 126 valence electrons. The number of fused-ring (bicyclic) bond motifs is 1. The first-order chi connectivity index (χ1) is 12.2. The molecule has 0 atom stereocenters. The van der Waals surface area contributed by atoms with Crippen molar-refractivity contribution in [2.45, 2.75) is 13.5 Å². The van der Waals surface area contributed by atoms with Crippen LogP contribution in [0.4, 0.5) is 0 Å². The second-order valence-electron chi connectivity index (χ2n) is 5.40. The Morgan fingerprint density at radius 2 is 1.84 bits per heavy atom.